The number of thioether (sulfide) groups is 1. The van der Waals surface area contributed by atoms with Crippen molar-refractivity contribution in [3.8, 4) is 0 Å². The Morgan fingerprint density at radius 2 is 1.67 bits per heavy atom. The molecule has 1 amide bonds. The molecule has 3 nitrogen and oxygen atoms in total. The smallest absolute Gasteiger partial charge is 0.233 e. The number of rotatable bonds is 6. The van der Waals surface area contributed by atoms with E-state index < -0.39 is 0 Å². The molecule has 138 valence electrons. The van der Waals surface area contributed by atoms with E-state index in [1.807, 2.05) is 49.4 Å². The fourth-order valence-electron chi connectivity index (χ4n) is 2.63. The van der Waals surface area contributed by atoms with Crippen LogP contribution < -0.4 is 5.32 Å². The SMILES string of the molecule is CC(Sc1cc(Cl)ccc1Cl)C(=O)NC(c1ccccc1)c1ccncc1. The van der Waals surface area contributed by atoms with Gasteiger partial charge in [0.2, 0.25) is 5.91 Å². The molecule has 2 atom stereocenters. The van der Waals surface area contributed by atoms with Crippen LogP contribution in [-0.4, -0.2) is 16.1 Å². The first-order valence-electron chi connectivity index (χ1n) is 8.41. The molecular formula is C21H18Cl2N2OS. The largest absolute Gasteiger partial charge is 0.344 e. The monoisotopic (exact) mass is 416 g/mol. The van der Waals surface area contributed by atoms with Crippen molar-refractivity contribution in [3.63, 3.8) is 0 Å². The molecule has 2 aromatic carbocycles. The second-order valence-corrected chi connectivity index (χ2v) is 8.19. The molecule has 27 heavy (non-hydrogen) atoms. The summed E-state index contributed by atoms with van der Waals surface area (Å²) in [7, 11) is 0. The van der Waals surface area contributed by atoms with Gasteiger partial charge in [-0.25, -0.2) is 0 Å². The van der Waals surface area contributed by atoms with Gasteiger partial charge in [0, 0.05) is 22.3 Å². The number of benzene rings is 2. The summed E-state index contributed by atoms with van der Waals surface area (Å²) in [4.78, 5) is 17.7. The van der Waals surface area contributed by atoms with Crippen molar-refractivity contribution in [2.45, 2.75) is 23.1 Å². The van der Waals surface area contributed by atoms with E-state index in [0.717, 1.165) is 16.0 Å². The number of hydrogen-bond acceptors (Lipinski definition) is 3. The summed E-state index contributed by atoms with van der Waals surface area (Å²) < 4.78 is 0. The number of amides is 1. The molecule has 1 N–H and O–H groups in total. The maximum Gasteiger partial charge on any atom is 0.233 e. The lowest BCUT2D eigenvalue weighted by Gasteiger charge is -2.22. The highest BCUT2D eigenvalue weighted by atomic mass is 35.5. The van der Waals surface area contributed by atoms with E-state index in [1.165, 1.54) is 11.8 Å². The summed E-state index contributed by atoms with van der Waals surface area (Å²) in [5.74, 6) is -0.0818. The van der Waals surface area contributed by atoms with E-state index in [0.29, 0.717) is 10.0 Å². The highest BCUT2D eigenvalue weighted by Crippen LogP contribution is 2.33. The van der Waals surface area contributed by atoms with Crippen molar-refractivity contribution in [1.82, 2.24) is 10.3 Å². The normalized spacial score (nSPS) is 13.0. The van der Waals surface area contributed by atoms with Gasteiger partial charge in [0.1, 0.15) is 0 Å². The Hall–Kier alpha value is -2.01. The predicted octanol–water partition coefficient (Wildman–Crippen LogP) is 5.77. The topological polar surface area (TPSA) is 42.0 Å². The zero-order chi connectivity index (χ0) is 19.2. The van der Waals surface area contributed by atoms with Gasteiger partial charge in [0.05, 0.1) is 16.3 Å². The fourth-order valence-corrected chi connectivity index (χ4v) is 4.05. The van der Waals surface area contributed by atoms with Gasteiger partial charge in [-0.15, -0.1) is 11.8 Å². The lowest BCUT2D eigenvalue weighted by Crippen LogP contribution is -2.34. The summed E-state index contributed by atoms with van der Waals surface area (Å²) in [6, 6.07) is 18.7. The molecule has 0 radical (unpaired) electrons. The lowest BCUT2D eigenvalue weighted by molar-refractivity contribution is -0.120. The number of nitrogens with zero attached hydrogens (tertiary/aromatic N) is 1. The average molecular weight is 417 g/mol. The molecule has 0 aliphatic rings. The van der Waals surface area contributed by atoms with Crippen molar-refractivity contribution < 1.29 is 4.79 Å². The number of carbonyl (C=O) groups is 1. The third kappa shape index (κ3) is 5.25. The highest BCUT2D eigenvalue weighted by molar-refractivity contribution is 8.00. The van der Waals surface area contributed by atoms with E-state index in [4.69, 9.17) is 23.2 Å². The first kappa shape index (κ1) is 19.7. The number of aromatic nitrogens is 1. The fraction of sp³-hybridized carbons (Fsp3) is 0.143. The minimum absolute atomic E-state index is 0.0818. The van der Waals surface area contributed by atoms with Gasteiger partial charge < -0.3 is 5.32 Å². The van der Waals surface area contributed by atoms with Crippen LogP contribution in [0.25, 0.3) is 0 Å². The Labute approximate surface area is 173 Å². The third-order valence-electron chi connectivity index (χ3n) is 4.03. The van der Waals surface area contributed by atoms with Gasteiger partial charge in [-0.2, -0.15) is 0 Å². The highest BCUT2D eigenvalue weighted by Gasteiger charge is 2.22. The summed E-state index contributed by atoms with van der Waals surface area (Å²) in [5, 5.41) is 3.97. The van der Waals surface area contributed by atoms with Crippen LogP contribution in [0.5, 0.6) is 0 Å². The van der Waals surface area contributed by atoms with Crippen LogP contribution in [0.1, 0.15) is 24.1 Å². The average Bonchev–Trinajstić information content (AvgIpc) is 2.70. The van der Waals surface area contributed by atoms with Crippen molar-refractivity contribution in [2.75, 3.05) is 0 Å². The number of pyridine rings is 1. The zero-order valence-electron chi connectivity index (χ0n) is 14.6. The predicted molar refractivity (Wildman–Crippen MR) is 112 cm³/mol. The number of carbonyl (C=O) groups excluding carboxylic acids is 1. The Morgan fingerprint density at radius 1 is 1.00 bits per heavy atom. The van der Waals surface area contributed by atoms with Gasteiger partial charge in [-0.05, 0) is 48.4 Å². The molecule has 6 heteroatoms. The molecule has 1 aromatic heterocycles. The molecule has 0 saturated heterocycles. The third-order valence-corrected chi connectivity index (χ3v) is 5.86. The Morgan fingerprint density at radius 3 is 2.37 bits per heavy atom. The maximum absolute atomic E-state index is 12.9. The molecule has 0 spiro atoms. The van der Waals surface area contributed by atoms with Crippen LogP contribution in [0.15, 0.2) is 78.0 Å². The molecule has 3 aromatic rings. The van der Waals surface area contributed by atoms with E-state index in [-0.39, 0.29) is 17.2 Å². The standard InChI is InChI=1S/C21H18Cl2N2OS/c1-14(27-19-13-17(22)7-8-18(19)23)21(26)25-20(15-5-3-2-4-6-15)16-9-11-24-12-10-16/h2-14,20H,1H3,(H,25,26). The summed E-state index contributed by atoms with van der Waals surface area (Å²) in [6.07, 6.45) is 3.45. The quantitative estimate of drug-likeness (QED) is 0.518. The van der Waals surface area contributed by atoms with Crippen LogP contribution in [0.2, 0.25) is 10.0 Å². The van der Waals surface area contributed by atoms with E-state index in [9.17, 15) is 4.79 Å². The van der Waals surface area contributed by atoms with Crippen molar-refractivity contribution >= 4 is 40.9 Å². The van der Waals surface area contributed by atoms with Gasteiger partial charge in [0.15, 0.2) is 0 Å². The molecule has 3 rings (SSSR count). The Bertz CT molecular complexity index is 867. The Balaban J connectivity index is 1.79. The van der Waals surface area contributed by atoms with Crippen molar-refractivity contribution in [1.29, 1.82) is 0 Å². The van der Waals surface area contributed by atoms with Crippen LogP contribution in [-0.2, 0) is 4.79 Å². The second-order valence-electron chi connectivity index (χ2n) is 5.97. The zero-order valence-corrected chi connectivity index (χ0v) is 16.9. The lowest BCUT2D eigenvalue weighted by atomic mass is 9.99. The van der Waals surface area contributed by atoms with Gasteiger partial charge in [-0.3, -0.25) is 9.78 Å². The summed E-state index contributed by atoms with van der Waals surface area (Å²) >= 11 is 13.7. The van der Waals surface area contributed by atoms with Crippen LogP contribution >= 0.6 is 35.0 Å². The summed E-state index contributed by atoms with van der Waals surface area (Å²) in [5.41, 5.74) is 1.98. The molecule has 0 saturated carbocycles. The molecule has 0 bridgehead atoms. The minimum Gasteiger partial charge on any atom is -0.344 e. The summed E-state index contributed by atoms with van der Waals surface area (Å²) in [6.45, 7) is 1.85. The number of halogens is 2. The van der Waals surface area contributed by atoms with E-state index in [2.05, 4.69) is 10.3 Å². The molecule has 2 unspecified atom stereocenters. The Kier molecular flexibility index (Phi) is 6.78. The number of hydrogen-bond donors (Lipinski definition) is 1. The van der Waals surface area contributed by atoms with Crippen molar-refractivity contribution in [3.05, 3.63) is 94.2 Å². The molecule has 0 aliphatic heterocycles. The van der Waals surface area contributed by atoms with Gasteiger partial charge in [0.25, 0.3) is 0 Å². The van der Waals surface area contributed by atoms with Crippen LogP contribution in [0.4, 0.5) is 0 Å². The van der Waals surface area contributed by atoms with Crippen molar-refractivity contribution in [2.24, 2.45) is 0 Å². The van der Waals surface area contributed by atoms with Crippen LogP contribution in [0.3, 0.4) is 0 Å². The maximum atomic E-state index is 12.9. The first-order chi connectivity index (χ1) is 13.0. The molecule has 0 fully saturated rings. The first-order valence-corrected chi connectivity index (χ1v) is 10.0. The van der Waals surface area contributed by atoms with Crippen LogP contribution in [0, 0.1) is 0 Å². The minimum atomic E-state index is -0.339. The van der Waals surface area contributed by atoms with Gasteiger partial charge >= 0.3 is 0 Å². The van der Waals surface area contributed by atoms with E-state index in [1.54, 1.807) is 30.6 Å². The van der Waals surface area contributed by atoms with E-state index >= 15 is 0 Å². The molecule has 1 heterocycles. The number of nitrogens with one attached hydrogen (secondary N) is 1. The molecule has 0 aliphatic carbocycles. The second kappa shape index (κ2) is 9.27. The van der Waals surface area contributed by atoms with Gasteiger partial charge in [-0.1, -0.05) is 53.5 Å². The molecular weight excluding hydrogens is 399 g/mol.